The number of methoxy groups -OCH3 is 4. The quantitative estimate of drug-likeness (QED) is 0.0468. The Kier molecular flexibility index (Phi) is 14.7. The lowest BCUT2D eigenvalue weighted by Gasteiger charge is -2.70. The summed E-state index contributed by atoms with van der Waals surface area (Å²) in [7, 11) is 8.33. The van der Waals surface area contributed by atoms with E-state index in [0.717, 1.165) is 64.2 Å². The molecule has 5 aliphatic carbocycles. The lowest BCUT2D eigenvalue weighted by atomic mass is 9.42. The molecule has 7 bridgehead atoms. The second-order valence-electron chi connectivity index (χ2n) is 19.3. The Hall–Kier alpha value is -2.88. The van der Waals surface area contributed by atoms with Crippen LogP contribution < -0.4 is 0 Å². The molecule has 1 aliphatic heterocycles. The van der Waals surface area contributed by atoms with Crippen molar-refractivity contribution in [2.24, 2.45) is 34.5 Å². The molecule has 0 aromatic heterocycles. The summed E-state index contributed by atoms with van der Waals surface area (Å²) in [5.41, 5.74) is -4.93. The van der Waals surface area contributed by atoms with E-state index in [-0.39, 0.29) is 25.5 Å². The normalized spacial score (nSPS) is 40.5. The van der Waals surface area contributed by atoms with E-state index in [4.69, 9.17) is 28.4 Å². The van der Waals surface area contributed by atoms with E-state index in [1.165, 1.54) is 7.11 Å². The zero-order valence-corrected chi connectivity index (χ0v) is 37.8. The highest BCUT2D eigenvalue weighted by Gasteiger charge is 2.92. The van der Waals surface area contributed by atoms with Crippen molar-refractivity contribution in [3.05, 3.63) is 59.9 Å². The first kappa shape index (κ1) is 47.1. The molecule has 5 saturated carbocycles. The predicted octanol–water partition coefficient (Wildman–Crippen LogP) is 5.94. The Labute approximate surface area is 368 Å². The third-order valence-electron chi connectivity index (χ3n) is 16.3. The van der Waals surface area contributed by atoms with Gasteiger partial charge in [-0.2, -0.15) is 0 Å². The molecule has 1 unspecified atom stereocenters. The summed E-state index contributed by atoms with van der Waals surface area (Å²) in [4.78, 5) is 30.8. The van der Waals surface area contributed by atoms with E-state index in [2.05, 4.69) is 24.0 Å². The first-order chi connectivity index (χ1) is 29.9. The minimum Gasteiger partial charge on any atom is -0.513 e. The average molecular weight is 868 g/mol. The van der Waals surface area contributed by atoms with Crippen LogP contribution in [0.2, 0.25) is 0 Å². The predicted molar refractivity (Wildman–Crippen MR) is 231 cm³/mol. The molecule has 6 aliphatic rings. The molecule has 13 nitrogen and oxygen atoms in total. The van der Waals surface area contributed by atoms with Gasteiger partial charge in [-0.1, -0.05) is 69.4 Å². The van der Waals surface area contributed by atoms with E-state index in [1.54, 1.807) is 51.7 Å². The van der Waals surface area contributed by atoms with Crippen LogP contribution in [0.3, 0.4) is 0 Å². The van der Waals surface area contributed by atoms with Gasteiger partial charge in [-0.3, -0.25) is 4.79 Å². The van der Waals surface area contributed by atoms with Gasteiger partial charge in [0.25, 0.3) is 0 Å². The highest BCUT2D eigenvalue weighted by atomic mass is 16.6. The number of piperidine rings is 1. The van der Waals surface area contributed by atoms with Crippen molar-refractivity contribution < 1.29 is 58.4 Å². The fourth-order valence-corrected chi connectivity index (χ4v) is 14.3. The van der Waals surface area contributed by atoms with Crippen molar-refractivity contribution in [3.8, 4) is 0 Å². The molecular weight excluding hydrogens is 795 g/mol. The van der Waals surface area contributed by atoms with E-state index in [0.29, 0.717) is 30.7 Å². The number of likely N-dealkylation sites (tertiary alicyclic amines) is 1. The summed E-state index contributed by atoms with van der Waals surface area (Å²) in [6.45, 7) is 2.84. The number of esters is 2. The van der Waals surface area contributed by atoms with Crippen molar-refractivity contribution in [2.45, 2.75) is 151 Å². The maximum Gasteiger partial charge on any atom is 0.338 e. The van der Waals surface area contributed by atoms with Crippen LogP contribution in [-0.2, 0) is 33.2 Å². The Morgan fingerprint density at radius 3 is 2.31 bits per heavy atom. The van der Waals surface area contributed by atoms with Crippen molar-refractivity contribution in [1.29, 1.82) is 0 Å². The Balaban J connectivity index is 1.17. The second-order valence-corrected chi connectivity index (χ2v) is 19.3. The molecule has 1 saturated heterocycles. The summed E-state index contributed by atoms with van der Waals surface area (Å²) in [5.74, 6) is -3.16. The largest absolute Gasteiger partial charge is 0.513 e. The highest BCUT2D eigenvalue weighted by Crippen LogP contribution is 2.80. The van der Waals surface area contributed by atoms with Crippen LogP contribution in [0.25, 0.3) is 0 Å². The van der Waals surface area contributed by atoms with Gasteiger partial charge in [0.05, 0.1) is 36.2 Å². The smallest absolute Gasteiger partial charge is 0.338 e. The Morgan fingerprint density at radius 1 is 0.887 bits per heavy atom. The van der Waals surface area contributed by atoms with E-state index >= 15 is 0 Å². The minimum atomic E-state index is -1.86. The van der Waals surface area contributed by atoms with Crippen LogP contribution in [0.15, 0.2) is 54.3 Å². The van der Waals surface area contributed by atoms with Crippen molar-refractivity contribution in [1.82, 2.24) is 4.90 Å². The van der Waals surface area contributed by atoms with E-state index in [1.807, 2.05) is 13.1 Å². The van der Waals surface area contributed by atoms with Gasteiger partial charge < -0.3 is 53.7 Å². The number of hydrogen-bond acceptors (Lipinski definition) is 13. The molecule has 0 amide bonds. The zero-order chi connectivity index (χ0) is 44.5. The number of carbonyl (C=O) groups excluding carboxylic acids is 2. The fraction of sp³-hybridized carbons (Fsp3) is 0.755. The molecule has 7 rings (SSSR count). The Bertz CT molecular complexity index is 1760. The fourth-order valence-electron chi connectivity index (χ4n) is 14.3. The van der Waals surface area contributed by atoms with Crippen LogP contribution in [-0.4, -0.2) is 140 Å². The lowest BCUT2D eigenvalue weighted by Crippen LogP contribution is -2.81. The average Bonchev–Trinajstić information content (AvgIpc) is 3.65. The van der Waals surface area contributed by atoms with Gasteiger partial charge in [-0.05, 0) is 69.7 Å². The molecular formula is C49H73NO12. The molecule has 1 aromatic rings. The number of rotatable bonds is 22. The summed E-state index contributed by atoms with van der Waals surface area (Å²) in [6.07, 6.45) is 10.7. The van der Waals surface area contributed by atoms with Crippen LogP contribution in [0.5, 0.6) is 0 Å². The number of hydrogen-bond donors (Lipinski definition) is 4. The summed E-state index contributed by atoms with van der Waals surface area (Å²) in [6, 6.07) is 8.21. The standard InChI is InChI=1S/C49H73NO12/c1-7-8-17-24-32(51)25-20-14-12-10-9-11-13-15-21-26-36(53)62-49-37-33(28-47(56,44(60-6)42(49)54)43(37)61-45(55)31-22-18-16-19-23-31)48-35(58-4)27-34(52)46(30-57-3)29-50(2)41(48)38(49)39(59-5)40(46)48/h12,14,16,18-19,22-23,25,33-35,37-44,51-52,54,56H,7-11,13,15,17,20-21,24,26-30H2,1-6H3/b14-12-,32-25+/t33-,34-,35+,37-,38+,39+,40-,41?,42+,43-,44+,46+,47-,48+,49-/m1/s1. The monoisotopic (exact) mass is 868 g/mol. The molecule has 13 heteroatoms. The number of allylic oxidation sites excluding steroid dienone is 4. The van der Waals surface area contributed by atoms with Crippen molar-refractivity contribution >= 4 is 11.9 Å². The van der Waals surface area contributed by atoms with Gasteiger partial charge in [0.2, 0.25) is 0 Å². The third kappa shape index (κ3) is 7.48. The molecule has 0 radical (unpaired) electrons. The van der Waals surface area contributed by atoms with Gasteiger partial charge in [0.15, 0.2) is 5.60 Å². The number of benzene rings is 1. The summed E-state index contributed by atoms with van der Waals surface area (Å²) in [5, 5.41) is 48.2. The zero-order valence-electron chi connectivity index (χ0n) is 37.8. The summed E-state index contributed by atoms with van der Waals surface area (Å²) < 4.78 is 38.4. The first-order valence-electron chi connectivity index (χ1n) is 23.3. The van der Waals surface area contributed by atoms with Crippen LogP contribution in [0.4, 0.5) is 0 Å². The van der Waals surface area contributed by atoms with Crippen molar-refractivity contribution in [3.63, 3.8) is 0 Å². The molecule has 6 fully saturated rings. The minimum absolute atomic E-state index is 0.0652. The van der Waals surface area contributed by atoms with Gasteiger partial charge in [-0.25, -0.2) is 4.79 Å². The highest BCUT2D eigenvalue weighted by molar-refractivity contribution is 5.89. The summed E-state index contributed by atoms with van der Waals surface area (Å²) >= 11 is 0. The Morgan fingerprint density at radius 2 is 1.61 bits per heavy atom. The molecule has 1 aromatic carbocycles. The van der Waals surface area contributed by atoms with Gasteiger partial charge >= 0.3 is 11.9 Å². The lowest BCUT2D eigenvalue weighted by molar-refractivity contribution is -0.321. The number of aliphatic hydroxyl groups is 4. The van der Waals surface area contributed by atoms with E-state index < -0.39 is 94.3 Å². The third-order valence-corrected chi connectivity index (χ3v) is 16.3. The first-order valence-corrected chi connectivity index (χ1v) is 23.3. The van der Waals surface area contributed by atoms with Crippen LogP contribution in [0, 0.1) is 34.5 Å². The molecule has 62 heavy (non-hydrogen) atoms. The molecule has 346 valence electrons. The maximum atomic E-state index is 14.5. The van der Waals surface area contributed by atoms with Gasteiger partial charge in [-0.15, -0.1) is 0 Å². The number of aliphatic hydroxyl groups excluding tert-OH is 3. The molecule has 4 N–H and O–H groups in total. The van der Waals surface area contributed by atoms with Gasteiger partial charge in [0.1, 0.15) is 23.9 Å². The van der Waals surface area contributed by atoms with Crippen molar-refractivity contribution in [2.75, 3.05) is 48.6 Å². The number of nitrogens with zero attached hydrogens (tertiary/aromatic N) is 1. The second kappa shape index (κ2) is 19.3. The number of carbonyl (C=O) groups is 2. The molecule has 1 heterocycles. The number of ether oxygens (including phenoxy) is 6. The van der Waals surface area contributed by atoms with Crippen LogP contribution in [0.1, 0.15) is 107 Å². The van der Waals surface area contributed by atoms with Crippen LogP contribution >= 0.6 is 0 Å². The maximum absolute atomic E-state index is 14.5. The number of unbranched alkanes of at least 4 members (excludes halogenated alkanes) is 7. The molecule has 1 spiro atoms. The van der Waals surface area contributed by atoms with E-state index in [9.17, 15) is 30.0 Å². The number of fused-ring (bicyclic) bond motifs is 2. The molecule has 15 atom stereocenters. The van der Waals surface area contributed by atoms with Gasteiger partial charge in [0, 0.05) is 88.9 Å². The SMILES string of the molecule is CCCCC/C(O)=C\C/C=C\CCCCCCCC(=O)O[C@]12[C@H]3[C@@H](OC(=O)c4ccccc4)[C@](O)(C[C@H]3[C@@]34C5[C@@H]1[C@H](OC)[C@@H]3[C@](COC)(CN5C)[C@H](O)C[C@@H]4OC)[C@@H](OC)[C@@H]2O. The topological polar surface area (TPSA) is 174 Å².